The molecular formula is C15H12ClFO3. The maximum Gasteiger partial charge on any atom is 0.165 e. The Balaban J connectivity index is 2.22. The van der Waals surface area contributed by atoms with E-state index in [4.69, 9.17) is 16.3 Å². The molecule has 0 saturated carbocycles. The predicted octanol–water partition coefficient (Wildman–Crippen LogP) is 4.33. The summed E-state index contributed by atoms with van der Waals surface area (Å²) in [5.41, 5.74) is 0.611. The van der Waals surface area contributed by atoms with Gasteiger partial charge in [-0.15, -0.1) is 0 Å². The molecule has 5 heteroatoms. The number of allylic oxidation sites excluding steroid dienone is 1. The molecule has 0 atom stereocenters. The van der Waals surface area contributed by atoms with Crippen molar-refractivity contribution in [3.05, 3.63) is 58.6 Å². The molecule has 2 N–H and O–H groups in total. The van der Waals surface area contributed by atoms with E-state index >= 15 is 0 Å². The highest BCUT2D eigenvalue weighted by atomic mass is 35.5. The van der Waals surface area contributed by atoms with Crippen LogP contribution in [0.25, 0.3) is 6.08 Å². The van der Waals surface area contributed by atoms with Gasteiger partial charge in [0.1, 0.15) is 5.76 Å². The minimum Gasteiger partial charge on any atom is -0.504 e. The third kappa shape index (κ3) is 3.42. The number of hydrogen-bond acceptors (Lipinski definition) is 3. The topological polar surface area (TPSA) is 49.7 Å². The molecule has 0 heterocycles. The van der Waals surface area contributed by atoms with Crippen molar-refractivity contribution in [2.45, 2.75) is 6.92 Å². The van der Waals surface area contributed by atoms with E-state index in [0.29, 0.717) is 16.3 Å². The van der Waals surface area contributed by atoms with E-state index in [-0.39, 0.29) is 17.2 Å². The number of halogens is 2. The quantitative estimate of drug-likeness (QED) is 0.654. The minimum atomic E-state index is -0.518. The molecule has 0 radical (unpaired) electrons. The molecule has 0 aliphatic carbocycles. The lowest BCUT2D eigenvalue weighted by Crippen LogP contribution is -1.93. The van der Waals surface area contributed by atoms with E-state index in [1.54, 1.807) is 19.1 Å². The molecule has 0 fully saturated rings. The Morgan fingerprint density at radius 3 is 2.60 bits per heavy atom. The summed E-state index contributed by atoms with van der Waals surface area (Å²) in [6, 6.07) is 8.35. The fraction of sp³-hybridized carbons (Fsp3) is 0.0667. The SMILES string of the molecule is C/C(=C/c1ccc(O)c(O)c1)Oc1cc(Cl)ccc1F. The van der Waals surface area contributed by atoms with Gasteiger partial charge in [0.05, 0.1) is 0 Å². The summed E-state index contributed by atoms with van der Waals surface area (Å²) >= 11 is 5.77. The number of phenolic OH excluding ortho intramolecular Hbond substituents is 2. The first kappa shape index (κ1) is 14.2. The second kappa shape index (κ2) is 5.84. The summed E-state index contributed by atoms with van der Waals surface area (Å²) in [5.74, 6) is -0.525. The van der Waals surface area contributed by atoms with Gasteiger partial charge in [-0.25, -0.2) is 4.39 Å². The fourth-order valence-electron chi connectivity index (χ4n) is 1.62. The van der Waals surface area contributed by atoms with E-state index in [9.17, 15) is 14.6 Å². The second-order valence-electron chi connectivity index (χ2n) is 4.18. The molecule has 2 aromatic carbocycles. The lowest BCUT2D eigenvalue weighted by molar-refractivity contribution is 0.401. The standard InChI is InChI=1S/C15H12ClFO3/c1-9(6-10-2-5-13(18)14(19)7-10)20-15-8-11(16)3-4-12(15)17/h2-8,18-19H,1H3/b9-6-. The Bertz CT molecular complexity index is 668. The summed E-state index contributed by atoms with van der Waals surface area (Å²) in [6.07, 6.45) is 1.60. The average Bonchev–Trinajstić information content (AvgIpc) is 2.38. The van der Waals surface area contributed by atoms with E-state index < -0.39 is 5.82 Å². The normalized spacial score (nSPS) is 11.4. The molecule has 2 rings (SSSR count). The summed E-state index contributed by atoms with van der Waals surface area (Å²) in [5, 5.41) is 19.0. The molecule has 0 bridgehead atoms. The molecule has 2 aromatic rings. The first-order valence-corrected chi connectivity index (χ1v) is 6.16. The first-order chi connectivity index (χ1) is 9.45. The van der Waals surface area contributed by atoms with Crippen molar-refractivity contribution >= 4 is 17.7 Å². The largest absolute Gasteiger partial charge is 0.504 e. The van der Waals surface area contributed by atoms with Gasteiger partial charge < -0.3 is 14.9 Å². The number of phenols is 2. The van der Waals surface area contributed by atoms with E-state index in [0.717, 1.165) is 0 Å². The van der Waals surface area contributed by atoms with Crippen LogP contribution in [0, 0.1) is 5.82 Å². The van der Waals surface area contributed by atoms with Gasteiger partial charge in [-0.1, -0.05) is 17.7 Å². The van der Waals surface area contributed by atoms with Crippen LogP contribution in [0.2, 0.25) is 5.02 Å². The third-order valence-electron chi connectivity index (χ3n) is 2.53. The van der Waals surface area contributed by atoms with Gasteiger partial charge in [-0.2, -0.15) is 0 Å². The molecule has 20 heavy (non-hydrogen) atoms. The van der Waals surface area contributed by atoms with Crippen molar-refractivity contribution in [3.63, 3.8) is 0 Å². The van der Waals surface area contributed by atoms with Crippen molar-refractivity contribution in [2.24, 2.45) is 0 Å². The number of benzene rings is 2. The summed E-state index contributed by atoms with van der Waals surface area (Å²) in [4.78, 5) is 0. The monoisotopic (exact) mass is 294 g/mol. The van der Waals surface area contributed by atoms with Crippen LogP contribution in [0.1, 0.15) is 12.5 Å². The zero-order valence-corrected chi connectivity index (χ0v) is 11.4. The van der Waals surface area contributed by atoms with Gasteiger partial charge in [-0.05, 0) is 42.8 Å². The number of rotatable bonds is 3. The second-order valence-corrected chi connectivity index (χ2v) is 4.62. The molecule has 104 valence electrons. The van der Waals surface area contributed by atoms with Crippen molar-refractivity contribution in [3.8, 4) is 17.2 Å². The Morgan fingerprint density at radius 2 is 1.90 bits per heavy atom. The molecular weight excluding hydrogens is 283 g/mol. The average molecular weight is 295 g/mol. The Morgan fingerprint density at radius 1 is 1.15 bits per heavy atom. The van der Waals surface area contributed by atoms with E-state index in [1.807, 2.05) is 0 Å². The number of hydrogen-bond donors (Lipinski definition) is 2. The maximum absolute atomic E-state index is 13.5. The van der Waals surface area contributed by atoms with Gasteiger partial charge >= 0.3 is 0 Å². The highest BCUT2D eigenvalue weighted by Gasteiger charge is 2.06. The Hall–Kier alpha value is -2.20. The van der Waals surface area contributed by atoms with Crippen molar-refractivity contribution in [1.82, 2.24) is 0 Å². The molecule has 0 amide bonds. The van der Waals surface area contributed by atoms with Crippen LogP contribution in [-0.4, -0.2) is 10.2 Å². The molecule has 0 aliphatic rings. The predicted molar refractivity (Wildman–Crippen MR) is 75.5 cm³/mol. The van der Waals surface area contributed by atoms with Crippen LogP contribution in [0.5, 0.6) is 17.2 Å². The Labute approximate surface area is 120 Å². The maximum atomic E-state index is 13.5. The van der Waals surface area contributed by atoms with Crippen molar-refractivity contribution in [1.29, 1.82) is 0 Å². The summed E-state index contributed by atoms with van der Waals surface area (Å²) < 4.78 is 18.9. The highest BCUT2D eigenvalue weighted by Crippen LogP contribution is 2.27. The van der Waals surface area contributed by atoms with Gasteiger partial charge in [0, 0.05) is 11.1 Å². The molecule has 0 aromatic heterocycles. The molecule has 0 aliphatic heterocycles. The lowest BCUT2D eigenvalue weighted by atomic mass is 10.2. The van der Waals surface area contributed by atoms with Crippen molar-refractivity contribution in [2.75, 3.05) is 0 Å². The van der Waals surface area contributed by atoms with Crippen LogP contribution in [0.4, 0.5) is 4.39 Å². The first-order valence-electron chi connectivity index (χ1n) is 5.79. The van der Waals surface area contributed by atoms with Gasteiger partial charge in [-0.3, -0.25) is 0 Å². The summed E-state index contributed by atoms with van der Waals surface area (Å²) in [7, 11) is 0. The molecule has 0 saturated heterocycles. The van der Waals surface area contributed by atoms with Gasteiger partial charge in [0.2, 0.25) is 0 Å². The van der Waals surface area contributed by atoms with Crippen LogP contribution >= 0.6 is 11.6 Å². The van der Waals surface area contributed by atoms with Crippen LogP contribution in [-0.2, 0) is 0 Å². The van der Waals surface area contributed by atoms with E-state index in [1.165, 1.54) is 30.3 Å². The fourth-order valence-corrected chi connectivity index (χ4v) is 1.79. The molecule has 0 unspecified atom stereocenters. The van der Waals surface area contributed by atoms with Crippen LogP contribution < -0.4 is 4.74 Å². The zero-order valence-electron chi connectivity index (χ0n) is 10.6. The van der Waals surface area contributed by atoms with Crippen LogP contribution in [0.15, 0.2) is 42.2 Å². The lowest BCUT2D eigenvalue weighted by Gasteiger charge is -2.08. The third-order valence-corrected chi connectivity index (χ3v) is 2.77. The number of ether oxygens (including phenoxy) is 1. The van der Waals surface area contributed by atoms with Crippen LogP contribution in [0.3, 0.4) is 0 Å². The Kier molecular flexibility index (Phi) is 4.15. The molecule has 0 spiro atoms. The van der Waals surface area contributed by atoms with Crippen molar-refractivity contribution < 1.29 is 19.3 Å². The smallest absolute Gasteiger partial charge is 0.165 e. The van der Waals surface area contributed by atoms with Gasteiger partial charge in [0.25, 0.3) is 0 Å². The zero-order chi connectivity index (χ0) is 14.7. The highest BCUT2D eigenvalue weighted by molar-refractivity contribution is 6.30. The molecule has 3 nitrogen and oxygen atoms in total. The summed E-state index contributed by atoms with van der Waals surface area (Å²) in [6.45, 7) is 1.64. The minimum absolute atomic E-state index is 0.0225. The van der Waals surface area contributed by atoms with Gasteiger partial charge in [0.15, 0.2) is 23.1 Å². The number of aromatic hydroxyl groups is 2. The van der Waals surface area contributed by atoms with E-state index in [2.05, 4.69) is 0 Å².